The molecule has 19 heavy (non-hydrogen) atoms. The molecule has 1 unspecified atom stereocenters. The van der Waals surface area contributed by atoms with Crippen LogP contribution in [0.3, 0.4) is 0 Å². The number of ether oxygens (including phenoxy) is 1. The molecule has 3 N–H and O–H groups in total. The van der Waals surface area contributed by atoms with E-state index in [0.29, 0.717) is 24.9 Å². The minimum atomic E-state index is -0.350. The van der Waals surface area contributed by atoms with Gasteiger partial charge in [-0.1, -0.05) is 12.1 Å². The maximum absolute atomic E-state index is 11.4. The lowest BCUT2D eigenvalue weighted by Gasteiger charge is -2.07. The first-order valence-corrected chi connectivity index (χ1v) is 6.22. The Bertz CT molecular complexity index is 427. The Balaban J connectivity index is 2.38. The van der Waals surface area contributed by atoms with E-state index < -0.39 is 0 Å². The molecule has 0 saturated carbocycles. The average Bonchev–Trinajstić information content (AvgIpc) is 2.37. The maximum atomic E-state index is 11.4. The molecular weight excluding hydrogens is 244 g/mol. The van der Waals surface area contributed by atoms with Crippen LogP contribution < -0.4 is 11.1 Å². The van der Waals surface area contributed by atoms with E-state index in [2.05, 4.69) is 10.1 Å². The van der Waals surface area contributed by atoms with Crippen molar-refractivity contribution in [2.45, 2.75) is 25.8 Å². The molecule has 104 valence electrons. The van der Waals surface area contributed by atoms with E-state index in [0.717, 1.165) is 5.56 Å². The van der Waals surface area contributed by atoms with Crippen LogP contribution in [0.2, 0.25) is 0 Å². The molecule has 0 saturated heterocycles. The second kappa shape index (κ2) is 7.53. The molecule has 0 aliphatic rings. The summed E-state index contributed by atoms with van der Waals surface area (Å²) in [7, 11) is 1.35. The van der Waals surface area contributed by atoms with Gasteiger partial charge < -0.3 is 15.8 Å². The van der Waals surface area contributed by atoms with Gasteiger partial charge in [0.1, 0.15) is 0 Å². The van der Waals surface area contributed by atoms with Gasteiger partial charge in [-0.25, -0.2) is 4.79 Å². The minimum absolute atomic E-state index is 0.0406. The van der Waals surface area contributed by atoms with Crippen molar-refractivity contribution in [2.24, 2.45) is 5.73 Å². The third kappa shape index (κ3) is 5.52. The van der Waals surface area contributed by atoms with Gasteiger partial charge in [0.05, 0.1) is 12.7 Å². The van der Waals surface area contributed by atoms with Gasteiger partial charge in [0.2, 0.25) is 5.91 Å². The topological polar surface area (TPSA) is 81.4 Å². The number of carbonyl (C=O) groups excluding carboxylic acids is 2. The summed E-state index contributed by atoms with van der Waals surface area (Å²) in [5.41, 5.74) is 7.10. The first-order valence-electron chi connectivity index (χ1n) is 6.22. The van der Waals surface area contributed by atoms with Gasteiger partial charge in [0.15, 0.2) is 0 Å². The summed E-state index contributed by atoms with van der Waals surface area (Å²) < 4.78 is 4.62. The Morgan fingerprint density at radius 3 is 2.47 bits per heavy atom. The molecule has 0 heterocycles. The Morgan fingerprint density at radius 1 is 1.32 bits per heavy atom. The minimum Gasteiger partial charge on any atom is -0.465 e. The number of nitrogens with two attached hydrogens (primary N) is 1. The van der Waals surface area contributed by atoms with Gasteiger partial charge in [-0.3, -0.25) is 4.79 Å². The number of amides is 1. The van der Waals surface area contributed by atoms with E-state index in [1.54, 1.807) is 19.1 Å². The Morgan fingerprint density at radius 2 is 1.95 bits per heavy atom. The largest absolute Gasteiger partial charge is 0.465 e. The summed E-state index contributed by atoms with van der Waals surface area (Å²) in [6.45, 7) is 2.36. The second-order valence-corrected chi connectivity index (χ2v) is 4.47. The van der Waals surface area contributed by atoms with E-state index in [-0.39, 0.29) is 17.9 Å². The molecule has 0 aliphatic carbocycles. The van der Waals surface area contributed by atoms with Crippen molar-refractivity contribution in [1.82, 2.24) is 5.32 Å². The normalized spacial score (nSPS) is 11.7. The van der Waals surface area contributed by atoms with Crippen molar-refractivity contribution in [3.8, 4) is 0 Å². The van der Waals surface area contributed by atoms with Gasteiger partial charge in [0, 0.05) is 19.0 Å². The number of methoxy groups -OCH3 is 1. The first kappa shape index (κ1) is 15.2. The number of hydrogen-bond donors (Lipinski definition) is 2. The number of hydrogen-bond acceptors (Lipinski definition) is 4. The van der Waals surface area contributed by atoms with E-state index in [4.69, 9.17) is 5.73 Å². The van der Waals surface area contributed by atoms with Crippen molar-refractivity contribution in [3.63, 3.8) is 0 Å². The number of benzene rings is 1. The van der Waals surface area contributed by atoms with E-state index in [1.807, 2.05) is 12.1 Å². The average molecular weight is 264 g/mol. The SMILES string of the molecule is COC(=O)c1ccc(CCNC(=O)CC(C)N)cc1. The van der Waals surface area contributed by atoms with Gasteiger partial charge in [-0.2, -0.15) is 0 Å². The lowest BCUT2D eigenvalue weighted by Crippen LogP contribution is -2.31. The van der Waals surface area contributed by atoms with Crippen LogP contribution >= 0.6 is 0 Å². The van der Waals surface area contributed by atoms with E-state index in [9.17, 15) is 9.59 Å². The van der Waals surface area contributed by atoms with Crippen LogP contribution in [0.1, 0.15) is 29.3 Å². The molecule has 0 spiro atoms. The zero-order valence-corrected chi connectivity index (χ0v) is 11.3. The highest BCUT2D eigenvalue weighted by Crippen LogP contribution is 2.06. The highest BCUT2D eigenvalue weighted by atomic mass is 16.5. The van der Waals surface area contributed by atoms with Crippen LogP contribution in [0.15, 0.2) is 24.3 Å². The molecule has 1 atom stereocenters. The highest BCUT2D eigenvalue weighted by Gasteiger charge is 2.06. The predicted molar refractivity (Wildman–Crippen MR) is 72.8 cm³/mol. The molecule has 0 fully saturated rings. The summed E-state index contributed by atoms with van der Waals surface area (Å²) in [4.78, 5) is 22.6. The first-order chi connectivity index (χ1) is 9.02. The molecule has 0 bridgehead atoms. The Hall–Kier alpha value is -1.88. The molecule has 5 heteroatoms. The standard InChI is InChI=1S/C14H20N2O3/c1-10(15)9-13(17)16-8-7-11-3-5-12(6-4-11)14(18)19-2/h3-6,10H,7-9,15H2,1-2H3,(H,16,17). The van der Waals surface area contributed by atoms with E-state index >= 15 is 0 Å². The second-order valence-electron chi connectivity index (χ2n) is 4.47. The van der Waals surface area contributed by atoms with Gasteiger partial charge in [-0.15, -0.1) is 0 Å². The van der Waals surface area contributed by atoms with Gasteiger partial charge in [-0.05, 0) is 31.0 Å². The number of esters is 1. The molecule has 1 amide bonds. The number of nitrogens with one attached hydrogen (secondary N) is 1. The van der Waals surface area contributed by atoms with Crippen LogP contribution in [-0.2, 0) is 16.0 Å². The highest BCUT2D eigenvalue weighted by molar-refractivity contribution is 5.89. The molecule has 0 aromatic heterocycles. The zero-order valence-electron chi connectivity index (χ0n) is 11.3. The molecule has 0 radical (unpaired) electrons. The zero-order chi connectivity index (χ0) is 14.3. The summed E-state index contributed by atoms with van der Waals surface area (Å²) >= 11 is 0. The van der Waals surface area contributed by atoms with Crippen molar-refractivity contribution in [3.05, 3.63) is 35.4 Å². The fourth-order valence-corrected chi connectivity index (χ4v) is 1.64. The molecule has 0 aliphatic heterocycles. The lowest BCUT2D eigenvalue weighted by atomic mass is 10.1. The van der Waals surface area contributed by atoms with Crippen molar-refractivity contribution >= 4 is 11.9 Å². The van der Waals surface area contributed by atoms with Gasteiger partial charge >= 0.3 is 5.97 Å². The Kier molecular flexibility index (Phi) is 6.02. The quantitative estimate of drug-likeness (QED) is 0.747. The van der Waals surface area contributed by atoms with Gasteiger partial charge in [0.25, 0.3) is 0 Å². The summed E-state index contributed by atoms with van der Waals surface area (Å²) in [5.74, 6) is -0.391. The Labute approximate surface area is 113 Å². The summed E-state index contributed by atoms with van der Waals surface area (Å²) in [6, 6.07) is 7.00. The summed E-state index contributed by atoms with van der Waals surface area (Å²) in [5, 5.41) is 2.80. The van der Waals surface area contributed by atoms with E-state index in [1.165, 1.54) is 7.11 Å². The fraction of sp³-hybridized carbons (Fsp3) is 0.429. The van der Waals surface area contributed by atoms with Crippen LogP contribution in [0, 0.1) is 0 Å². The van der Waals surface area contributed by atoms with Crippen LogP contribution in [0.4, 0.5) is 0 Å². The number of carbonyl (C=O) groups is 2. The molecule has 1 aromatic rings. The van der Waals surface area contributed by atoms with Crippen LogP contribution in [-0.4, -0.2) is 31.6 Å². The molecule has 1 rings (SSSR count). The maximum Gasteiger partial charge on any atom is 0.337 e. The monoisotopic (exact) mass is 264 g/mol. The molecule has 5 nitrogen and oxygen atoms in total. The predicted octanol–water partition coefficient (Wildman–Crippen LogP) is 0.869. The smallest absolute Gasteiger partial charge is 0.337 e. The fourth-order valence-electron chi connectivity index (χ4n) is 1.64. The van der Waals surface area contributed by atoms with Crippen LogP contribution in [0.5, 0.6) is 0 Å². The van der Waals surface area contributed by atoms with Crippen molar-refractivity contribution in [2.75, 3.05) is 13.7 Å². The van der Waals surface area contributed by atoms with Crippen molar-refractivity contribution in [1.29, 1.82) is 0 Å². The lowest BCUT2D eigenvalue weighted by molar-refractivity contribution is -0.121. The third-order valence-electron chi connectivity index (χ3n) is 2.62. The number of rotatable bonds is 6. The summed E-state index contributed by atoms with van der Waals surface area (Å²) in [6.07, 6.45) is 1.05. The molecule has 1 aromatic carbocycles. The molecular formula is C14H20N2O3. The van der Waals surface area contributed by atoms with Crippen LogP contribution in [0.25, 0.3) is 0 Å². The van der Waals surface area contributed by atoms with Crippen molar-refractivity contribution < 1.29 is 14.3 Å². The third-order valence-corrected chi connectivity index (χ3v) is 2.62.